The third kappa shape index (κ3) is 3.37. The maximum atomic E-state index is 12.2. The first-order valence-electron chi connectivity index (χ1n) is 6.74. The van der Waals surface area contributed by atoms with E-state index in [0.717, 1.165) is 19.3 Å². The predicted octanol–water partition coefficient (Wildman–Crippen LogP) is 1.67. The third-order valence-electron chi connectivity index (χ3n) is 4.08. The number of rotatable bonds is 3. The van der Waals surface area contributed by atoms with E-state index in [9.17, 15) is 9.59 Å². The van der Waals surface area contributed by atoms with Gasteiger partial charge in [-0.2, -0.15) is 0 Å². The summed E-state index contributed by atoms with van der Waals surface area (Å²) in [6.07, 6.45) is 3.23. The first-order valence-corrected chi connectivity index (χ1v) is 6.74. The lowest BCUT2D eigenvalue weighted by Crippen LogP contribution is -2.61. The average Bonchev–Trinajstić information content (AvgIpc) is 2.32. The van der Waals surface area contributed by atoms with E-state index in [4.69, 9.17) is 5.11 Å². The maximum absolute atomic E-state index is 12.2. The van der Waals surface area contributed by atoms with Crippen LogP contribution in [0.2, 0.25) is 0 Å². The summed E-state index contributed by atoms with van der Waals surface area (Å²) in [6, 6.07) is 0.163. The number of hydrogen-bond acceptors (Lipinski definition) is 3. The maximum Gasteiger partial charge on any atom is 0.332 e. The zero-order valence-electron chi connectivity index (χ0n) is 12.4. The number of carbonyl (C=O) groups excluding carboxylic acids is 1. The number of urea groups is 1. The van der Waals surface area contributed by atoms with Gasteiger partial charge in [0, 0.05) is 19.1 Å². The van der Waals surface area contributed by atoms with Gasteiger partial charge in [0.2, 0.25) is 0 Å². The number of aliphatic carboxylic acids is 1. The van der Waals surface area contributed by atoms with Crippen molar-refractivity contribution in [1.29, 1.82) is 0 Å². The molecule has 2 N–H and O–H groups in total. The molecule has 6 nitrogen and oxygen atoms in total. The van der Waals surface area contributed by atoms with Gasteiger partial charge in [-0.05, 0) is 40.5 Å². The first kappa shape index (κ1) is 15.8. The van der Waals surface area contributed by atoms with E-state index >= 15 is 0 Å². The summed E-state index contributed by atoms with van der Waals surface area (Å²) < 4.78 is 0. The Morgan fingerprint density at radius 2 is 1.74 bits per heavy atom. The lowest BCUT2D eigenvalue weighted by molar-refractivity contribution is -0.147. The van der Waals surface area contributed by atoms with Crippen LogP contribution in [0.1, 0.15) is 47.0 Å². The molecule has 1 heterocycles. The van der Waals surface area contributed by atoms with Crippen LogP contribution in [0.3, 0.4) is 0 Å². The molecule has 1 saturated heterocycles. The van der Waals surface area contributed by atoms with Crippen molar-refractivity contribution in [2.75, 3.05) is 7.05 Å². The Labute approximate surface area is 114 Å². The van der Waals surface area contributed by atoms with E-state index in [1.807, 2.05) is 5.01 Å². The molecule has 0 aromatic carbocycles. The fourth-order valence-corrected chi connectivity index (χ4v) is 2.22. The number of amides is 2. The van der Waals surface area contributed by atoms with Crippen LogP contribution < -0.4 is 5.43 Å². The lowest BCUT2D eigenvalue weighted by Gasteiger charge is -2.41. The van der Waals surface area contributed by atoms with Gasteiger partial charge in [-0.15, -0.1) is 0 Å². The molecule has 0 aromatic rings. The molecule has 19 heavy (non-hydrogen) atoms. The minimum absolute atomic E-state index is 0.272. The molecular weight excluding hydrogens is 246 g/mol. The van der Waals surface area contributed by atoms with Crippen LogP contribution in [0.5, 0.6) is 0 Å². The molecule has 1 aliphatic heterocycles. The van der Waals surface area contributed by atoms with Crippen LogP contribution in [-0.2, 0) is 4.79 Å². The van der Waals surface area contributed by atoms with Crippen molar-refractivity contribution in [2.24, 2.45) is 0 Å². The van der Waals surface area contributed by atoms with Gasteiger partial charge in [0.15, 0.2) is 0 Å². The van der Waals surface area contributed by atoms with Gasteiger partial charge in [0.05, 0.1) is 0 Å². The minimum Gasteiger partial charge on any atom is -0.480 e. The summed E-state index contributed by atoms with van der Waals surface area (Å²) in [5.41, 5.74) is 1.61. The van der Waals surface area contributed by atoms with Crippen molar-refractivity contribution >= 4 is 12.0 Å². The fourth-order valence-electron chi connectivity index (χ4n) is 2.22. The molecule has 0 radical (unpaired) electrons. The highest BCUT2D eigenvalue weighted by molar-refractivity contribution is 5.85. The summed E-state index contributed by atoms with van der Waals surface area (Å²) in [5, 5.41) is 11.1. The van der Waals surface area contributed by atoms with Gasteiger partial charge < -0.3 is 10.0 Å². The summed E-state index contributed by atoms with van der Waals surface area (Å²) in [5.74, 6) is -1.02. The fraction of sp³-hybridized carbons (Fsp3) is 0.846. The number of nitrogens with one attached hydrogen (secondary N) is 1. The van der Waals surface area contributed by atoms with Gasteiger partial charge in [-0.25, -0.2) is 14.6 Å². The largest absolute Gasteiger partial charge is 0.480 e. The molecule has 1 rings (SSSR count). The Morgan fingerprint density at radius 3 is 2.16 bits per heavy atom. The molecule has 0 aromatic heterocycles. The first-order chi connectivity index (χ1) is 8.67. The Balaban J connectivity index is 2.71. The highest BCUT2D eigenvalue weighted by atomic mass is 16.4. The third-order valence-corrected chi connectivity index (χ3v) is 4.08. The molecule has 0 saturated carbocycles. The minimum atomic E-state index is -1.23. The van der Waals surface area contributed by atoms with Gasteiger partial charge >= 0.3 is 12.0 Å². The quantitative estimate of drug-likeness (QED) is 0.819. The standard InChI is InChI=1S/C13H25N3O3/c1-9-7-6-8-10(2)16(9)14-12(19)15(5)13(3,4)11(17)18/h9-10H,6-8H2,1-5H3,(H,14,19)(H,17,18). The summed E-state index contributed by atoms with van der Waals surface area (Å²) in [6.45, 7) is 7.16. The monoisotopic (exact) mass is 271 g/mol. The van der Waals surface area contributed by atoms with E-state index in [2.05, 4.69) is 19.3 Å². The van der Waals surface area contributed by atoms with Gasteiger partial charge in [-0.1, -0.05) is 6.42 Å². The molecular formula is C13H25N3O3. The van der Waals surface area contributed by atoms with Crippen LogP contribution in [-0.4, -0.2) is 51.7 Å². The Bertz CT molecular complexity index is 347. The van der Waals surface area contributed by atoms with Crippen LogP contribution in [0.4, 0.5) is 4.79 Å². The number of piperidine rings is 1. The number of hydrazine groups is 1. The summed E-state index contributed by atoms with van der Waals surface area (Å²) in [4.78, 5) is 24.5. The second-order valence-corrected chi connectivity index (χ2v) is 5.88. The van der Waals surface area contributed by atoms with Crippen LogP contribution in [0.15, 0.2) is 0 Å². The molecule has 1 aliphatic rings. The number of hydrogen-bond donors (Lipinski definition) is 2. The van der Waals surface area contributed by atoms with Crippen LogP contribution in [0.25, 0.3) is 0 Å². The van der Waals surface area contributed by atoms with E-state index in [-0.39, 0.29) is 18.1 Å². The van der Waals surface area contributed by atoms with Crippen molar-refractivity contribution in [1.82, 2.24) is 15.3 Å². The number of carboxylic acid groups (broad SMARTS) is 1. The molecule has 0 aliphatic carbocycles. The predicted molar refractivity (Wildman–Crippen MR) is 72.6 cm³/mol. The van der Waals surface area contributed by atoms with Gasteiger partial charge in [0.1, 0.15) is 5.54 Å². The van der Waals surface area contributed by atoms with E-state index < -0.39 is 11.5 Å². The second-order valence-electron chi connectivity index (χ2n) is 5.88. The van der Waals surface area contributed by atoms with Crippen molar-refractivity contribution < 1.29 is 14.7 Å². The molecule has 2 unspecified atom stereocenters. The van der Waals surface area contributed by atoms with E-state index in [0.29, 0.717) is 0 Å². The number of likely N-dealkylation sites (N-methyl/N-ethyl adjacent to an activating group) is 1. The number of carboxylic acids is 1. The van der Waals surface area contributed by atoms with Crippen molar-refractivity contribution in [3.05, 3.63) is 0 Å². The van der Waals surface area contributed by atoms with Crippen LogP contribution >= 0.6 is 0 Å². The highest BCUT2D eigenvalue weighted by Crippen LogP contribution is 2.21. The number of nitrogens with zero attached hydrogens (tertiary/aromatic N) is 2. The van der Waals surface area contributed by atoms with Crippen LogP contribution in [0, 0.1) is 0 Å². The average molecular weight is 271 g/mol. The van der Waals surface area contributed by atoms with Gasteiger partial charge in [-0.3, -0.25) is 5.43 Å². The van der Waals surface area contributed by atoms with Crippen molar-refractivity contribution in [3.8, 4) is 0 Å². The molecule has 0 bridgehead atoms. The molecule has 0 spiro atoms. The van der Waals surface area contributed by atoms with Crippen molar-refractivity contribution in [3.63, 3.8) is 0 Å². The van der Waals surface area contributed by atoms with Gasteiger partial charge in [0.25, 0.3) is 0 Å². The Kier molecular flexibility index (Phi) is 4.79. The highest BCUT2D eigenvalue weighted by Gasteiger charge is 2.37. The molecule has 1 fully saturated rings. The lowest BCUT2D eigenvalue weighted by atomic mass is 10.00. The van der Waals surface area contributed by atoms with Crippen molar-refractivity contribution in [2.45, 2.75) is 64.6 Å². The van der Waals surface area contributed by atoms with E-state index in [1.165, 1.54) is 25.8 Å². The number of carbonyl (C=O) groups is 2. The van der Waals surface area contributed by atoms with E-state index in [1.54, 1.807) is 0 Å². The topological polar surface area (TPSA) is 72.9 Å². The zero-order chi connectivity index (χ0) is 14.8. The Hall–Kier alpha value is -1.30. The normalized spacial score (nSPS) is 24.9. The summed E-state index contributed by atoms with van der Waals surface area (Å²) >= 11 is 0. The zero-order valence-corrected chi connectivity index (χ0v) is 12.4. The second kappa shape index (κ2) is 5.77. The summed E-state index contributed by atoms with van der Waals surface area (Å²) in [7, 11) is 1.50. The Morgan fingerprint density at radius 1 is 1.26 bits per heavy atom. The molecule has 110 valence electrons. The molecule has 2 amide bonds. The smallest absolute Gasteiger partial charge is 0.332 e. The molecule has 6 heteroatoms. The molecule has 2 atom stereocenters. The SMILES string of the molecule is CC1CCCC(C)N1NC(=O)N(C)C(C)(C)C(=O)O.